The number of hydrogen-bond acceptors (Lipinski definition) is 5. The van der Waals surface area contributed by atoms with Crippen LogP contribution in [0.4, 0.5) is 0 Å². The van der Waals surface area contributed by atoms with Crippen molar-refractivity contribution in [1.29, 1.82) is 0 Å². The van der Waals surface area contributed by atoms with E-state index in [1.54, 1.807) is 18.0 Å². The van der Waals surface area contributed by atoms with Gasteiger partial charge in [-0.1, -0.05) is 18.6 Å². The van der Waals surface area contributed by atoms with E-state index in [1.807, 2.05) is 48.2 Å². The number of hydrogen-bond donors (Lipinski definition) is 1. The topological polar surface area (TPSA) is 58.4 Å². The Morgan fingerprint density at radius 3 is 2.52 bits per heavy atom. The van der Waals surface area contributed by atoms with Crippen LogP contribution in [0.15, 0.2) is 36.7 Å². The van der Waals surface area contributed by atoms with Crippen molar-refractivity contribution in [2.24, 2.45) is 0 Å². The Hall–Kier alpha value is -1.63. The van der Waals surface area contributed by atoms with E-state index >= 15 is 0 Å². The van der Waals surface area contributed by atoms with Gasteiger partial charge in [0.25, 0.3) is 0 Å². The van der Waals surface area contributed by atoms with E-state index < -0.39 is 4.87 Å². The summed E-state index contributed by atoms with van der Waals surface area (Å²) in [7, 11) is 0. The zero-order valence-corrected chi connectivity index (χ0v) is 15.6. The van der Waals surface area contributed by atoms with Crippen LogP contribution >= 0.6 is 11.8 Å². The lowest BCUT2D eigenvalue weighted by molar-refractivity contribution is 0.0739. The van der Waals surface area contributed by atoms with Gasteiger partial charge in [-0.3, -0.25) is 14.3 Å². The summed E-state index contributed by atoms with van der Waals surface area (Å²) in [6.07, 6.45) is 9.00. The molecule has 3 rings (SSSR count). The third kappa shape index (κ3) is 3.52. The molecule has 6 heteroatoms. The Morgan fingerprint density at radius 2 is 1.92 bits per heavy atom. The number of rotatable bonds is 6. The number of likely N-dealkylation sites (tertiary alicyclic amines) is 1. The van der Waals surface area contributed by atoms with Crippen molar-refractivity contribution < 1.29 is 9.90 Å². The molecule has 0 radical (unpaired) electrons. The Labute approximate surface area is 153 Å². The lowest BCUT2D eigenvalue weighted by Crippen LogP contribution is -2.52. The largest absolute Gasteiger partial charge is 0.392 e. The first kappa shape index (κ1) is 18.2. The predicted molar refractivity (Wildman–Crippen MR) is 101 cm³/mol. The van der Waals surface area contributed by atoms with E-state index in [0.29, 0.717) is 5.82 Å². The average Bonchev–Trinajstić information content (AvgIpc) is 3.17. The zero-order chi connectivity index (χ0) is 17.9. The number of benzene rings is 1. The van der Waals surface area contributed by atoms with Crippen LogP contribution in [0.1, 0.15) is 42.4 Å². The number of Topliss-reactive ketones (excluding diaryl/α,β-unsaturated/α-hetero) is 1. The van der Waals surface area contributed by atoms with Gasteiger partial charge in [0.2, 0.25) is 5.78 Å². The molecule has 1 saturated heterocycles. The molecule has 1 aliphatic rings. The molecule has 1 aromatic carbocycles. The average molecular weight is 359 g/mol. The summed E-state index contributed by atoms with van der Waals surface area (Å²) < 4.78 is 1.84. The summed E-state index contributed by atoms with van der Waals surface area (Å²) in [5.41, 5.74) is 1.72. The third-order valence-corrected chi connectivity index (χ3v) is 6.26. The van der Waals surface area contributed by atoms with Crippen molar-refractivity contribution in [3.05, 3.63) is 48.0 Å². The fraction of sp³-hybridized carbons (Fsp3) is 0.474. The molecule has 25 heavy (non-hydrogen) atoms. The predicted octanol–water partition coefficient (Wildman–Crippen LogP) is 3.11. The normalized spacial score (nSPS) is 18.0. The Bertz CT molecular complexity index is 723. The Morgan fingerprint density at radius 1 is 1.24 bits per heavy atom. The van der Waals surface area contributed by atoms with Crippen LogP contribution in [0.5, 0.6) is 0 Å². The van der Waals surface area contributed by atoms with Gasteiger partial charge >= 0.3 is 0 Å². The highest BCUT2D eigenvalue weighted by atomic mass is 32.2. The molecule has 0 saturated carbocycles. The lowest BCUT2D eigenvalue weighted by Gasteiger charge is -2.40. The van der Waals surface area contributed by atoms with Crippen molar-refractivity contribution in [2.45, 2.75) is 37.7 Å². The summed E-state index contributed by atoms with van der Waals surface area (Å²) in [6, 6.07) is 7.53. The van der Waals surface area contributed by atoms with Gasteiger partial charge in [-0.25, -0.2) is 4.98 Å². The number of aromatic nitrogens is 2. The molecule has 1 aliphatic heterocycles. The number of carbonyl (C=O) groups is 1. The van der Waals surface area contributed by atoms with Crippen molar-refractivity contribution in [3.63, 3.8) is 0 Å². The number of imidazole rings is 1. The van der Waals surface area contributed by atoms with E-state index in [-0.39, 0.29) is 12.4 Å². The highest BCUT2D eigenvalue weighted by molar-refractivity contribution is 8.00. The van der Waals surface area contributed by atoms with Gasteiger partial charge in [-0.15, -0.1) is 11.8 Å². The van der Waals surface area contributed by atoms with Crippen LogP contribution in [0, 0.1) is 0 Å². The van der Waals surface area contributed by atoms with Crippen LogP contribution < -0.4 is 0 Å². The van der Waals surface area contributed by atoms with Crippen molar-refractivity contribution in [2.75, 3.05) is 19.3 Å². The van der Waals surface area contributed by atoms with Gasteiger partial charge in [0.05, 0.1) is 6.61 Å². The maximum Gasteiger partial charge on any atom is 0.228 e. The van der Waals surface area contributed by atoms with E-state index in [2.05, 4.69) is 9.88 Å². The zero-order valence-electron chi connectivity index (χ0n) is 14.8. The summed E-state index contributed by atoms with van der Waals surface area (Å²) in [6.45, 7) is 3.93. The SMILES string of the molecule is CSC(C)(C(=O)c1nccn1-c1ccc(CO)cc1)N1CCCCC1. The second-order valence-corrected chi connectivity index (χ2v) is 7.71. The van der Waals surface area contributed by atoms with Gasteiger partial charge in [0, 0.05) is 18.1 Å². The van der Waals surface area contributed by atoms with Gasteiger partial charge in [0.1, 0.15) is 4.87 Å². The molecule has 5 nitrogen and oxygen atoms in total. The Kier molecular flexibility index (Phi) is 5.61. The molecule has 1 fully saturated rings. The number of carbonyl (C=O) groups excluding carboxylic acids is 1. The molecule has 2 aromatic rings. The molecule has 0 spiro atoms. The van der Waals surface area contributed by atoms with Gasteiger partial charge in [-0.05, 0) is 56.8 Å². The van der Waals surface area contributed by atoms with E-state index in [0.717, 1.165) is 37.2 Å². The standard InChI is InChI=1S/C19H25N3O2S/c1-19(25-2,21-11-4-3-5-12-21)17(24)18-20-10-13-22(18)16-8-6-15(14-23)7-9-16/h6-10,13,23H,3-5,11-12,14H2,1-2H3. The lowest BCUT2D eigenvalue weighted by atomic mass is 10.1. The first-order chi connectivity index (χ1) is 12.1. The highest BCUT2D eigenvalue weighted by Gasteiger charge is 2.41. The molecule has 1 unspecified atom stereocenters. The fourth-order valence-electron chi connectivity index (χ4n) is 3.34. The monoisotopic (exact) mass is 359 g/mol. The van der Waals surface area contributed by atoms with Crippen LogP contribution in [0.2, 0.25) is 0 Å². The second kappa shape index (κ2) is 7.72. The maximum absolute atomic E-state index is 13.4. The third-order valence-electron chi connectivity index (χ3n) is 5.02. The number of aliphatic hydroxyl groups is 1. The molecule has 0 amide bonds. The second-order valence-electron chi connectivity index (χ2n) is 6.51. The van der Waals surface area contributed by atoms with Crippen LogP contribution in [0.3, 0.4) is 0 Å². The first-order valence-corrected chi connectivity index (χ1v) is 9.91. The Balaban J connectivity index is 1.92. The minimum atomic E-state index is -0.603. The molecule has 2 heterocycles. The minimum absolute atomic E-state index is 0.00943. The smallest absolute Gasteiger partial charge is 0.228 e. The summed E-state index contributed by atoms with van der Waals surface area (Å²) >= 11 is 1.59. The van der Waals surface area contributed by atoms with Crippen molar-refractivity contribution >= 4 is 17.5 Å². The summed E-state index contributed by atoms with van der Waals surface area (Å²) in [5.74, 6) is 0.498. The molecule has 134 valence electrons. The fourth-order valence-corrected chi connectivity index (χ4v) is 4.05. The minimum Gasteiger partial charge on any atom is -0.392 e. The van der Waals surface area contributed by atoms with Crippen molar-refractivity contribution in [1.82, 2.24) is 14.5 Å². The van der Waals surface area contributed by atoms with E-state index in [4.69, 9.17) is 0 Å². The van der Waals surface area contributed by atoms with Crippen LogP contribution in [-0.2, 0) is 6.61 Å². The summed E-state index contributed by atoms with van der Waals surface area (Å²) in [5, 5.41) is 9.20. The van der Waals surface area contributed by atoms with Gasteiger partial charge in [-0.2, -0.15) is 0 Å². The van der Waals surface area contributed by atoms with E-state index in [1.165, 1.54) is 6.42 Å². The van der Waals surface area contributed by atoms with Gasteiger partial charge in [0.15, 0.2) is 5.82 Å². The van der Waals surface area contributed by atoms with Crippen molar-refractivity contribution in [3.8, 4) is 5.69 Å². The maximum atomic E-state index is 13.4. The number of nitrogens with zero attached hydrogens (tertiary/aromatic N) is 3. The number of thioether (sulfide) groups is 1. The quantitative estimate of drug-likeness (QED) is 0.803. The molecular weight excluding hydrogens is 334 g/mol. The molecule has 0 bridgehead atoms. The van der Waals surface area contributed by atoms with E-state index in [9.17, 15) is 9.90 Å². The number of ketones is 1. The van der Waals surface area contributed by atoms with Crippen LogP contribution in [0.25, 0.3) is 5.69 Å². The number of piperidine rings is 1. The molecular formula is C19H25N3O2S. The first-order valence-electron chi connectivity index (χ1n) is 8.68. The molecule has 1 N–H and O–H groups in total. The van der Waals surface area contributed by atoms with Crippen LogP contribution in [-0.4, -0.2) is 49.6 Å². The highest BCUT2D eigenvalue weighted by Crippen LogP contribution is 2.33. The molecule has 1 atom stereocenters. The molecule has 0 aliphatic carbocycles. The van der Waals surface area contributed by atoms with Gasteiger partial charge < -0.3 is 5.11 Å². The summed E-state index contributed by atoms with van der Waals surface area (Å²) in [4.78, 5) is 19.4. The number of aliphatic hydroxyl groups excluding tert-OH is 1. The molecule has 1 aromatic heterocycles.